The van der Waals surface area contributed by atoms with Crippen LogP contribution < -0.4 is 0 Å². The van der Waals surface area contributed by atoms with Crippen molar-refractivity contribution in [1.29, 1.82) is 0 Å². The summed E-state index contributed by atoms with van der Waals surface area (Å²) < 4.78 is 0. The van der Waals surface area contributed by atoms with Crippen molar-refractivity contribution in [1.82, 2.24) is 0 Å². The van der Waals surface area contributed by atoms with E-state index in [9.17, 15) is 0 Å². The summed E-state index contributed by atoms with van der Waals surface area (Å²) in [6.07, 6.45) is 5.00. The van der Waals surface area contributed by atoms with Crippen molar-refractivity contribution in [3.05, 3.63) is 177 Å². The van der Waals surface area contributed by atoms with Crippen molar-refractivity contribution in [3.8, 4) is 44.5 Å². The SMILES string of the molecule is CC1=Cc2c(-c3ccc(C(C)(C)C)cc3)ccc(-c3ccc(C(C)(C)C)cc3)c2C1SC1C(C)=Cc2c(-c3ccc(C(C)(C)C)cc3)ccc(-c3ccc(C(C)(C)C)cc3)c21. The highest BCUT2D eigenvalue weighted by Gasteiger charge is 2.36. The van der Waals surface area contributed by atoms with Crippen LogP contribution in [0.15, 0.2) is 132 Å². The predicted molar refractivity (Wildman–Crippen MR) is 270 cm³/mol. The van der Waals surface area contributed by atoms with E-state index in [4.69, 9.17) is 0 Å². The average molecular weight is 819 g/mol. The van der Waals surface area contributed by atoms with Crippen LogP contribution in [0, 0.1) is 0 Å². The summed E-state index contributed by atoms with van der Waals surface area (Å²) in [5.74, 6) is 0. The van der Waals surface area contributed by atoms with Gasteiger partial charge in [-0.2, -0.15) is 0 Å². The minimum absolute atomic E-state index is 0.0953. The first-order valence-corrected chi connectivity index (χ1v) is 23.3. The third kappa shape index (κ3) is 8.28. The van der Waals surface area contributed by atoms with Gasteiger partial charge in [0, 0.05) is 0 Å². The van der Waals surface area contributed by atoms with Crippen LogP contribution in [-0.2, 0) is 21.7 Å². The molecule has 0 radical (unpaired) electrons. The highest BCUT2D eigenvalue weighted by Crippen LogP contribution is 2.60. The molecule has 0 nitrogen and oxygen atoms in total. The molecule has 61 heavy (non-hydrogen) atoms. The van der Waals surface area contributed by atoms with Gasteiger partial charge in [-0.25, -0.2) is 0 Å². The Morgan fingerprint density at radius 1 is 0.311 bits per heavy atom. The van der Waals surface area contributed by atoms with Crippen LogP contribution in [-0.4, -0.2) is 0 Å². The minimum atomic E-state index is 0.0953. The molecule has 312 valence electrons. The highest BCUT2D eigenvalue weighted by atomic mass is 32.2. The number of fused-ring (bicyclic) bond motifs is 2. The molecule has 0 N–H and O–H groups in total. The maximum Gasteiger partial charge on any atom is 0.0528 e. The van der Waals surface area contributed by atoms with Crippen molar-refractivity contribution < 1.29 is 0 Å². The van der Waals surface area contributed by atoms with Crippen LogP contribution >= 0.6 is 11.8 Å². The Hall–Kier alpha value is -4.85. The molecule has 0 saturated carbocycles. The lowest BCUT2D eigenvalue weighted by Crippen LogP contribution is -2.10. The van der Waals surface area contributed by atoms with Crippen LogP contribution in [0.25, 0.3) is 56.7 Å². The Bertz CT molecular complexity index is 2460. The third-order valence-electron chi connectivity index (χ3n) is 13.2. The molecular weight excluding hydrogens is 753 g/mol. The summed E-state index contributed by atoms with van der Waals surface area (Å²) >= 11 is 2.13. The zero-order valence-electron chi connectivity index (χ0n) is 39.3. The molecule has 0 fully saturated rings. The fraction of sp³-hybridized carbons (Fsp3) is 0.333. The van der Waals surface area contributed by atoms with Crippen LogP contribution in [0.5, 0.6) is 0 Å². The number of thioether (sulfide) groups is 1. The maximum absolute atomic E-state index is 2.50. The van der Waals surface area contributed by atoms with Gasteiger partial charge >= 0.3 is 0 Å². The highest BCUT2D eigenvalue weighted by molar-refractivity contribution is 8.00. The van der Waals surface area contributed by atoms with E-state index in [0.717, 1.165) is 0 Å². The van der Waals surface area contributed by atoms with E-state index in [2.05, 4.69) is 242 Å². The van der Waals surface area contributed by atoms with Crippen molar-refractivity contribution in [2.45, 2.75) is 129 Å². The van der Waals surface area contributed by atoms with Gasteiger partial charge in [-0.3, -0.25) is 0 Å². The molecule has 2 atom stereocenters. The molecule has 6 aromatic rings. The standard InChI is InChI=1S/C60H66S/c1-37-35-51-47(39-15-23-43(24-16-39)57(3,4)5)31-33-49(41-19-27-45(28-20-41)59(9,10)11)53(51)55(37)61-56-38(2)36-52-48(40-17-25-44(26-18-40)58(6,7)8)32-34-50(54(52)56)42-21-29-46(30-22-42)60(12,13)14/h15-36,55-56H,1-14H3. The number of hydrogen-bond donors (Lipinski definition) is 0. The first kappa shape index (κ1) is 42.8. The molecule has 2 unspecified atom stereocenters. The molecule has 0 heterocycles. The average Bonchev–Trinajstić information content (AvgIpc) is 3.71. The largest absolute Gasteiger partial charge is 0.136 e. The lowest BCUT2D eigenvalue weighted by atomic mass is 9.84. The summed E-state index contributed by atoms with van der Waals surface area (Å²) in [4.78, 5) is 0. The number of benzene rings is 6. The normalized spacial score (nSPS) is 16.6. The second-order valence-corrected chi connectivity index (χ2v) is 23.2. The van der Waals surface area contributed by atoms with Crippen LogP contribution in [0.4, 0.5) is 0 Å². The van der Waals surface area contributed by atoms with E-state index in [1.165, 1.54) is 100 Å². The molecule has 0 aliphatic heterocycles. The van der Waals surface area contributed by atoms with Gasteiger partial charge in [-0.1, -0.05) is 228 Å². The van der Waals surface area contributed by atoms with Crippen molar-refractivity contribution in [2.24, 2.45) is 0 Å². The first-order chi connectivity index (χ1) is 28.6. The fourth-order valence-electron chi connectivity index (χ4n) is 9.30. The topological polar surface area (TPSA) is 0 Å². The summed E-state index contributed by atoms with van der Waals surface area (Å²) in [7, 11) is 0. The zero-order chi connectivity index (χ0) is 43.8. The van der Waals surface area contributed by atoms with Gasteiger partial charge in [0.15, 0.2) is 0 Å². The van der Waals surface area contributed by atoms with Gasteiger partial charge < -0.3 is 0 Å². The monoisotopic (exact) mass is 818 g/mol. The quantitative estimate of drug-likeness (QED) is 0.161. The van der Waals surface area contributed by atoms with Gasteiger partial charge in [0.25, 0.3) is 0 Å². The van der Waals surface area contributed by atoms with Crippen LogP contribution in [0.3, 0.4) is 0 Å². The Morgan fingerprint density at radius 2 is 0.541 bits per heavy atom. The van der Waals surface area contributed by atoms with Gasteiger partial charge in [-0.15, -0.1) is 11.8 Å². The maximum atomic E-state index is 2.50. The van der Waals surface area contributed by atoms with E-state index in [0.29, 0.717) is 0 Å². The molecule has 6 aromatic carbocycles. The second kappa shape index (κ2) is 15.5. The van der Waals surface area contributed by atoms with Crippen molar-refractivity contribution in [2.75, 3.05) is 0 Å². The molecule has 0 bridgehead atoms. The second-order valence-electron chi connectivity index (χ2n) is 22.0. The zero-order valence-corrected chi connectivity index (χ0v) is 40.1. The van der Waals surface area contributed by atoms with Crippen molar-refractivity contribution >= 4 is 23.9 Å². The third-order valence-corrected chi connectivity index (χ3v) is 14.9. The summed E-state index contributed by atoms with van der Waals surface area (Å²) in [6.45, 7) is 32.3. The summed E-state index contributed by atoms with van der Waals surface area (Å²) in [5.41, 5.74) is 24.7. The number of hydrogen-bond acceptors (Lipinski definition) is 1. The fourth-order valence-corrected chi connectivity index (χ4v) is 10.9. The lowest BCUT2D eigenvalue weighted by Gasteiger charge is -2.27. The summed E-state index contributed by atoms with van der Waals surface area (Å²) in [6, 6.07) is 47.0. The molecule has 8 rings (SSSR count). The van der Waals surface area contributed by atoms with Crippen molar-refractivity contribution in [3.63, 3.8) is 0 Å². The molecule has 0 spiro atoms. The van der Waals surface area contributed by atoms with E-state index in [1.807, 2.05) is 0 Å². The van der Waals surface area contributed by atoms with Gasteiger partial charge in [0.05, 0.1) is 10.5 Å². The molecule has 0 saturated heterocycles. The number of rotatable bonds is 6. The Balaban J connectivity index is 1.28. The van der Waals surface area contributed by atoms with Crippen LogP contribution in [0.1, 0.15) is 152 Å². The summed E-state index contributed by atoms with van der Waals surface area (Å²) in [5, 5.41) is 0.373. The van der Waals surface area contributed by atoms with E-state index >= 15 is 0 Å². The van der Waals surface area contributed by atoms with Crippen LogP contribution in [0.2, 0.25) is 0 Å². The molecule has 1 heteroatoms. The molecular formula is C60H66S. The van der Waals surface area contributed by atoms with E-state index < -0.39 is 0 Å². The Kier molecular flexibility index (Phi) is 10.9. The van der Waals surface area contributed by atoms with Gasteiger partial charge in [0.1, 0.15) is 0 Å². The molecule has 0 aromatic heterocycles. The minimum Gasteiger partial charge on any atom is -0.136 e. The van der Waals surface area contributed by atoms with Gasteiger partial charge in [-0.05, 0) is 125 Å². The first-order valence-electron chi connectivity index (χ1n) is 22.4. The molecule has 2 aliphatic rings. The molecule has 2 aliphatic carbocycles. The van der Waals surface area contributed by atoms with Gasteiger partial charge in [0.2, 0.25) is 0 Å². The lowest BCUT2D eigenvalue weighted by molar-refractivity contribution is 0.590. The Morgan fingerprint density at radius 3 is 0.787 bits per heavy atom. The van der Waals surface area contributed by atoms with E-state index in [-0.39, 0.29) is 32.2 Å². The van der Waals surface area contributed by atoms with E-state index in [1.54, 1.807) is 0 Å². The smallest absolute Gasteiger partial charge is 0.0528 e. The Labute approximate surface area is 372 Å². The molecule has 0 amide bonds. The predicted octanol–water partition coefficient (Wildman–Crippen LogP) is 17.9.